The van der Waals surface area contributed by atoms with Gasteiger partial charge in [0, 0.05) is 16.3 Å². The van der Waals surface area contributed by atoms with Crippen LogP contribution in [-0.2, 0) is 0 Å². The van der Waals surface area contributed by atoms with E-state index in [1.807, 2.05) is 6.92 Å². The van der Waals surface area contributed by atoms with Gasteiger partial charge in [-0.15, -0.1) is 0 Å². The molecule has 2 rings (SSSR count). The Kier molecular flexibility index (Phi) is 2.84. The van der Waals surface area contributed by atoms with Crippen molar-refractivity contribution >= 4 is 17.3 Å². The van der Waals surface area contributed by atoms with Crippen LogP contribution >= 0.6 is 11.6 Å². The van der Waals surface area contributed by atoms with Crippen LogP contribution < -0.4 is 5.73 Å². The minimum Gasteiger partial charge on any atom is -0.399 e. The SMILES string of the molecule is Cc1ccc(F)c(-c2cc(N)cc(Cl)c2)c1. The third-order valence-corrected chi connectivity index (χ3v) is 2.57. The van der Waals surface area contributed by atoms with Crippen LogP contribution in [0.15, 0.2) is 36.4 Å². The molecule has 0 atom stereocenters. The van der Waals surface area contributed by atoms with Crippen molar-refractivity contribution in [2.24, 2.45) is 0 Å². The number of halogens is 2. The fourth-order valence-electron chi connectivity index (χ4n) is 1.63. The highest BCUT2D eigenvalue weighted by atomic mass is 35.5. The van der Waals surface area contributed by atoms with Crippen LogP contribution in [0.3, 0.4) is 0 Å². The lowest BCUT2D eigenvalue weighted by Gasteiger charge is -2.06. The molecule has 3 heteroatoms. The van der Waals surface area contributed by atoms with Gasteiger partial charge in [-0.25, -0.2) is 4.39 Å². The minimum atomic E-state index is -0.271. The molecule has 0 aliphatic carbocycles. The lowest BCUT2D eigenvalue weighted by atomic mass is 10.0. The second-order valence-corrected chi connectivity index (χ2v) is 4.19. The van der Waals surface area contributed by atoms with E-state index in [0.717, 1.165) is 5.56 Å². The van der Waals surface area contributed by atoms with E-state index in [-0.39, 0.29) is 5.82 Å². The summed E-state index contributed by atoms with van der Waals surface area (Å²) in [6.45, 7) is 1.91. The van der Waals surface area contributed by atoms with Gasteiger partial charge in [-0.3, -0.25) is 0 Å². The number of benzene rings is 2. The van der Waals surface area contributed by atoms with Crippen molar-refractivity contribution in [1.82, 2.24) is 0 Å². The highest BCUT2D eigenvalue weighted by Gasteiger charge is 2.06. The Balaban J connectivity index is 2.62. The molecule has 0 aromatic heterocycles. The second-order valence-electron chi connectivity index (χ2n) is 3.76. The molecule has 0 aliphatic rings. The molecule has 0 saturated carbocycles. The summed E-state index contributed by atoms with van der Waals surface area (Å²) < 4.78 is 13.6. The molecule has 0 bridgehead atoms. The van der Waals surface area contributed by atoms with Crippen LogP contribution in [0.2, 0.25) is 5.02 Å². The van der Waals surface area contributed by atoms with E-state index >= 15 is 0 Å². The Morgan fingerprint density at radius 3 is 2.56 bits per heavy atom. The molecule has 16 heavy (non-hydrogen) atoms. The molecular weight excluding hydrogens is 225 g/mol. The summed E-state index contributed by atoms with van der Waals surface area (Å²) in [4.78, 5) is 0. The summed E-state index contributed by atoms with van der Waals surface area (Å²) in [5, 5.41) is 0.510. The Morgan fingerprint density at radius 2 is 1.88 bits per heavy atom. The van der Waals surface area contributed by atoms with E-state index in [0.29, 0.717) is 21.8 Å². The second kappa shape index (κ2) is 4.14. The molecule has 0 heterocycles. The van der Waals surface area contributed by atoms with Gasteiger partial charge in [0.1, 0.15) is 5.82 Å². The van der Waals surface area contributed by atoms with Crippen molar-refractivity contribution in [3.05, 3.63) is 52.8 Å². The summed E-state index contributed by atoms with van der Waals surface area (Å²) >= 11 is 5.89. The fraction of sp³-hybridized carbons (Fsp3) is 0.0769. The molecule has 2 aromatic rings. The van der Waals surface area contributed by atoms with Crippen molar-refractivity contribution in [3.8, 4) is 11.1 Å². The number of aryl methyl sites for hydroxylation is 1. The monoisotopic (exact) mass is 235 g/mol. The van der Waals surface area contributed by atoms with Crippen molar-refractivity contribution in [1.29, 1.82) is 0 Å². The predicted molar refractivity (Wildman–Crippen MR) is 66.0 cm³/mol. The predicted octanol–water partition coefficient (Wildman–Crippen LogP) is 4.04. The number of anilines is 1. The standard InChI is InChI=1S/C13H11ClFN/c1-8-2-3-13(15)12(4-8)9-5-10(14)7-11(16)6-9/h2-7H,16H2,1H3. The summed E-state index contributed by atoms with van der Waals surface area (Å²) in [5.41, 5.74) is 8.43. The van der Waals surface area contributed by atoms with Gasteiger partial charge in [-0.2, -0.15) is 0 Å². The van der Waals surface area contributed by atoms with E-state index in [9.17, 15) is 4.39 Å². The molecule has 0 saturated heterocycles. The quantitative estimate of drug-likeness (QED) is 0.742. The zero-order valence-electron chi connectivity index (χ0n) is 8.80. The Morgan fingerprint density at radius 1 is 1.12 bits per heavy atom. The lowest BCUT2D eigenvalue weighted by molar-refractivity contribution is 0.631. The van der Waals surface area contributed by atoms with E-state index < -0.39 is 0 Å². The van der Waals surface area contributed by atoms with Gasteiger partial charge in [0.25, 0.3) is 0 Å². The largest absolute Gasteiger partial charge is 0.399 e. The summed E-state index contributed by atoms with van der Waals surface area (Å²) in [6, 6.07) is 10.0. The number of hydrogen-bond acceptors (Lipinski definition) is 1. The zero-order valence-corrected chi connectivity index (χ0v) is 9.55. The van der Waals surface area contributed by atoms with Crippen molar-refractivity contribution in [3.63, 3.8) is 0 Å². The molecule has 0 spiro atoms. The topological polar surface area (TPSA) is 26.0 Å². The van der Waals surface area contributed by atoms with Crippen molar-refractivity contribution in [2.75, 3.05) is 5.73 Å². The first-order valence-electron chi connectivity index (χ1n) is 4.89. The first-order valence-corrected chi connectivity index (χ1v) is 5.26. The van der Waals surface area contributed by atoms with Gasteiger partial charge in [0.15, 0.2) is 0 Å². The van der Waals surface area contributed by atoms with E-state index in [4.69, 9.17) is 17.3 Å². The fourth-order valence-corrected chi connectivity index (χ4v) is 1.87. The van der Waals surface area contributed by atoms with Crippen molar-refractivity contribution < 1.29 is 4.39 Å². The molecule has 1 nitrogen and oxygen atoms in total. The first kappa shape index (κ1) is 11.0. The normalized spacial score (nSPS) is 10.4. The molecule has 2 N–H and O–H groups in total. The smallest absolute Gasteiger partial charge is 0.131 e. The van der Waals surface area contributed by atoms with Crippen LogP contribution in [0.25, 0.3) is 11.1 Å². The maximum Gasteiger partial charge on any atom is 0.131 e. The first-order chi connectivity index (χ1) is 7.56. The molecule has 0 aliphatic heterocycles. The molecule has 2 aromatic carbocycles. The number of rotatable bonds is 1. The minimum absolute atomic E-state index is 0.271. The van der Waals surface area contributed by atoms with Crippen LogP contribution in [0.4, 0.5) is 10.1 Å². The highest BCUT2D eigenvalue weighted by Crippen LogP contribution is 2.28. The highest BCUT2D eigenvalue weighted by molar-refractivity contribution is 6.31. The Hall–Kier alpha value is -1.54. The number of nitrogens with two attached hydrogens (primary N) is 1. The van der Waals surface area contributed by atoms with Crippen LogP contribution in [0.1, 0.15) is 5.56 Å². The number of nitrogen functional groups attached to an aromatic ring is 1. The van der Waals surface area contributed by atoms with E-state index in [2.05, 4.69) is 0 Å². The summed E-state index contributed by atoms with van der Waals surface area (Å²) in [6.07, 6.45) is 0. The molecular formula is C13H11ClFN. The number of hydrogen-bond donors (Lipinski definition) is 1. The maximum absolute atomic E-state index is 13.6. The average molecular weight is 236 g/mol. The van der Waals surface area contributed by atoms with Crippen LogP contribution in [0.5, 0.6) is 0 Å². The molecule has 82 valence electrons. The molecule has 0 radical (unpaired) electrons. The van der Waals surface area contributed by atoms with E-state index in [1.165, 1.54) is 6.07 Å². The van der Waals surface area contributed by atoms with Gasteiger partial charge in [-0.1, -0.05) is 23.2 Å². The van der Waals surface area contributed by atoms with Gasteiger partial charge < -0.3 is 5.73 Å². The third-order valence-electron chi connectivity index (χ3n) is 2.35. The zero-order chi connectivity index (χ0) is 11.7. The molecule has 0 fully saturated rings. The van der Waals surface area contributed by atoms with Crippen LogP contribution in [-0.4, -0.2) is 0 Å². The third kappa shape index (κ3) is 2.17. The summed E-state index contributed by atoms with van der Waals surface area (Å²) in [5.74, 6) is -0.271. The van der Waals surface area contributed by atoms with Gasteiger partial charge >= 0.3 is 0 Å². The van der Waals surface area contributed by atoms with Gasteiger partial charge in [0.2, 0.25) is 0 Å². The summed E-state index contributed by atoms with van der Waals surface area (Å²) in [7, 11) is 0. The molecule has 0 amide bonds. The molecule has 0 unspecified atom stereocenters. The lowest BCUT2D eigenvalue weighted by Crippen LogP contribution is -1.89. The van der Waals surface area contributed by atoms with Gasteiger partial charge in [0.05, 0.1) is 0 Å². The van der Waals surface area contributed by atoms with Crippen molar-refractivity contribution in [2.45, 2.75) is 6.92 Å². The Labute approximate surface area is 98.7 Å². The van der Waals surface area contributed by atoms with Crippen LogP contribution in [0, 0.1) is 12.7 Å². The average Bonchev–Trinajstić information content (AvgIpc) is 2.20. The van der Waals surface area contributed by atoms with E-state index in [1.54, 1.807) is 30.3 Å². The van der Waals surface area contributed by atoms with Gasteiger partial charge in [-0.05, 0) is 42.8 Å². The Bertz CT molecular complexity index is 517. The maximum atomic E-state index is 13.6.